The zero-order valence-corrected chi connectivity index (χ0v) is 15.3. The number of likely N-dealkylation sites (N-methyl/N-ethyl adjacent to an activating group) is 1. The fraction of sp³-hybridized carbons (Fsp3) is 0.118. The summed E-state index contributed by atoms with van der Waals surface area (Å²) in [5.74, 6) is -1.12. The summed E-state index contributed by atoms with van der Waals surface area (Å²) >= 11 is 0. The Kier molecular flexibility index (Phi) is 4.24. The topological polar surface area (TPSA) is 138 Å². The van der Waals surface area contributed by atoms with E-state index in [1.54, 1.807) is 30.3 Å². The van der Waals surface area contributed by atoms with Crippen molar-refractivity contribution in [2.24, 2.45) is 0 Å². The number of nitrogens with one attached hydrogen (secondary N) is 2. The van der Waals surface area contributed by atoms with Crippen LogP contribution in [0, 0.1) is 0 Å². The molecule has 28 heavy (non-hydrogen) atoms. The lowest BCUT2D eigenvalue weighted by Crippen LogP contribution is -2.53. The van der Waals surface area contributed by atoms with E-state index in [1.165, 1.54) is 25.2 Å². The van der Waals surface area contributed by atoms with Gasteiger partial charge in [-0.15, -0.1) is 10.2 Å². The quantitative estimate of drug-likeness (QED) is 0.619. The zero-order valence-electron chi connectivity index (χ0n) is 14.5. The molecule has 0 fully saturated rings. The summed E-state index contributed by atoms with van der Waals surface area (Å²) in [6.07, 6.45) is 0. The van der Waals surface area contributed by atoms with Gasteiger partial charge in [0.2, 0.25) is 15.8 Å². The Morgan fingerprint density at radius 1 is 1.11 bits per heavy atom. The number of amides is 1. The minimum Gasteiger partial charge on any atom is -0.324 e. The second-order valence-corrected chi connectivity index (χ2v) is 8.02. The fourth-order valence-electron chi connectivity index (χ4n) is 3.05. The number of aromatic amines is 1. The molecule has 1 amide bonds. The van der Waals surface area contributed by atoms with Crippen LogP contribution >= 0.6 is 0 Å². The van der Waals surface area contributed by atoms with E-state index in [9.17, 15) is 18.0 Å². The number of benzene rings is 2. The summed E-state index contributed by atoms with van der Waals surface area (Å²) in [5.41, 5.74) is 0.789. The van der Waals surface area contributed by atoms with Gasteiger partial charge in [-0.1, -0.05) is 24.3 Å². The highest BCUT2D eigenvalue weighted by atomic mass is 32.2. The van der Waals surface area contributed by atoms with Crippen molar-refractivity contribution in [2.75, 3.05) is 12.4 Å². The van der Waals surface area contributed by atoms with E-state index in [0.29, 0.717) is 11.3 Å². The number of ketones is 1. The van der Waals surface area contributed by atoms with Gasteiger partial charge in [0.05, 0.1) is 10.6 Å². The number of Topliss-reactive ketones (excluding diaryl/α,β-unsaturated/α-hetero) is 1. The van der Waals surface area contributed by atoms with Gasteiger partial charge >= 0.3 is 0 Å². The van der Waals surface area contributed by atoms with Gasteiger partial charge in [-0.2, -0.15) is 9.52 Å². The van der Waals surface area contributed by atoms with Crippen LogP contribution in [0.1, 0.15) is 10.4 Å². The highest BCUT2D eigenvalue weighted by molar-refractivity contribution is 7.89. The van der Waals surface area contributed by atoms with Gasteiger partial charge in [0.25, 0.3) is 5.91 Å². The van der Waals surface area contributed by atoms with Crippen LogP contribution in [-0.2, 0) is 14.8 Å². The number of aromatic nitrogens is 4. The average molecular weight is 398 g/mol. The molecule has 11 heteroatoms. The Morgan fingerprint density at radius 3 is 2.50 bits per heavy atom. The predicted octanol–water partition coefficient (Wildman–Crippen LogP) is 0.691. The summed E-state index contributed by atoms with van der Waals surface area (Å²) in [6.45, 7) is 0. The second-order valence-electron chi connectivity index (χ2n) is 6.05. The number of para-hydroxylation sites is 1. The highest BCUT2D eigenvalue weighted by Crippen LogP contribution is 2.30. The molecule has 3 aromatic rings. The summed E-state index contributed by atoms with van der Waals surface area (Å²) in [6, 6.07) is 11.0. The molecule has 142 valence electrons. The Balaban J connectivity index is 1.71. The molecule has 0 aliphatic carbocycles. The Morgan fingerprint density at radius 2 is 1.79 bits per heavy atom. The molecule has 0 radical (unpaired) electrons. The van der Waals surface area contributed by atoms with E-state index in [2.05, 4.69) is 25.9 Å². The summed E-state index contributed by atoms with van der Waals surface area (Å²) in [4.78, 5) is 25.6. The SMILES string of the molecule is CN1C(C(=O)Nc2ccccc2-c2nn[nH]n2)C(=O)c2ccccc2S1(=O)=O. The third-order valence-electron chi connectivity index (χ3n) is 4.44. The molecule has 2 aromatic carbocycles. The summed E-state index contributed by atoms with van der Waals surface area (Å²) in [7, 11) is -2.77. The van der Waals surface area contributed by atoms with Crippen LogP contribution in [0.15, 0.2) is 53.4 Å². The molecule has 1 aliphatic heterocycles. The van der Waals surface area contributed by atoms with Crippen LogP contribution in [0.4, 0.5) is 5.69 Å². The van der Waals surface area contributed by atoms with Crippen LogP contribution < -0.4 is 5.32 Å². The number of H-pyrrole nitrogens is 1. The largest absolute Gasteiger partial charge is 0.324 e. The molecule has 4 rings (SSSR count). The van der Waals surface area contributed by atoms with Gasteiger partial charge in [-0.25, -0.2) is 8.42 Å². The van der Waals surface area contributed by atoms with Crippen molar-refractivity contribution < 1.29 is 18.0 Å². The van der Waals surface area contributed by atoms with Crippen molar-refractivity contribution in [1.82, 2.24) is 24.9 Å². The van der Waals surface area contributed by atoms with E-state index >= 15 is 0 Å². The second kappa shape index (κ2) is 6.62. The first kappa shape index (κ1) is 17.9. The van der Waals surface area contributed by atoms with Gasteiger partial charge in [0.15, 0.2) is 11.8 Å². The molecule has 1 unspecified atom stereocenters. The van der Waals surface area contributed by atoms with Crippen molar-refractivity contribution in [2.45, 2.75) is 10.9 Å². The van der Waals surface area contributed by atoms with E-state index in [4.69, 9.17) is 0 Å². The molecule has 0 saturated heterocycles. The molecule has 0 saturated carbocycles. The number of carbonyl (C=O) groups excluding carboxylic acids is 2. The lowest BCUT2D eigenvalue weighted by molar-refractivity contribution is -0.118. The first-order valence-electron chi connectivity index (χ1n) is 8.16. The maximum absolute atomic E-state index is 12.9. The third-order valence-corrected chi connectivity index (χ3v) is 6.32. The molecule has 2 heterocycles. The van der Waals surface area contributed by atoms with E-state index in [0.717, 1.165) is 4.31 Å². The number of hydrogen-bond acceptors (Lipinski definition) is 7. The van der Waals surface area contributed by atoms with Crippen LogP contribution in [-0.4, -0.2) is 58.1 Å². The molecular formula is C17H14N6O4S. The van der Waals surface area contributed by atoms with Crippen molar-refractivity contribution in [3.63, 3.8) is 0 Å². The minimum atomic E-state index is -3.98. The van der Waals surface area contributed by atoms with Gasteiger partial charge < -0.3 is 5.32 Å². The Bertz CT molecular complexity index is 1180. The van der Waals surface area contributed by atoms with Crippen LogP contribution in [0.25, 0.3) is 11.4 Å². The first-order chi connectivity index (χ1) is 13.4. The number of tetrazole rings is 1. The number of nitrogens with zero attached hydrogens (tertiary/aromatic N) is 4. The van der Waals surface area contributed by atoms with Gasteiger partial charge in [-0.3, -0.25) is 9.59 Å². The number of sulfonamides is 1. The van der Waals surface area contributed by atoms with E-state index in [1.807, 2.05) is 0 Å². The van der Waals surface area contributed by atoms with Crippen molar-refractivity contribution in [3.8, 4) is 11.4 Å². The molecule has 1 aromatic heterocycles. The molecule has 1 atom stereocenters. The Labute approximate surface area is 159 Å². The molecule has 0 spiro atoms. The highest BCUT2D eigenvalue weighted by Gasteiger charge is 2.45. The number of anilines is 1. The van der Waals surface area contributed by atoms with Gasteiger partial charge in [-0.05, 0) is 29.5 Å². The lowest BCUT2D eigenvalue weighted by atomic mass is 10.0. The van der Waals surface area contributed by atoms with Crippen LogP contribution in [0.2, 0.25) is 0 Å². The monoisotopic (exact) mass is 398 g/mol. The number of hydrogen-bond donors (Lipinski definition) is 2. The smallest absolute Gasteiger partial charge is 0.250 e. The maximum atomic E-state index is 12.9. The lowest BCUT2D eigenvalue weighted by Gasteiger charge is -2.31. The first-order valence-corrected chi connectivity index (χ1v) is 9.60. The molecular weight excluding hydrogens is 384 g/mol. The Hall–Kier alpha value is -3.44. The van der Waals surface area contributed by atoms with Gasteiger partial charge in [0, 0.05) is 18.2 Å². The molecule has 2 N–H and O–H groups in total. The van der Waals surface area contributed by atoms with Crippen molar-refractivity contribution in [1.29, 1.82) is 0 Å². The fourth-order valence-corrected chi connectivity index (χ4v) is 4.53. The normalized spacial score (nSPS) is 18.5. The van der Waals surface area contributed by atoms with E-state index in [-0.39, 0.29) is 16.3 Å². The minimum absolute atomic E-state index is 0.00722. The summed E-state index contributed by atoms with van der Waals surface area (Å²) in [5, 5.41) is 16.2. The van der Waals surface area contributed by atoms with Crippen molar-refractivity contribution in [3.05, 3.63) is 54.1 Å². The van der Waals surface area contributed by atoms with Crippen LogP contribution in [0.3, 0.4) is 0 Å². The predicted molar refractivity (Wildman–Crippen MR) is 97.8 cm³/mol. The molecule has 0 bridgehead atoms. The third kappa shape index (κ3) is 2.77. The number of carbonyl (C=O) groups is 2. The van der Waals surface area contributed by atoms with Gasteiger partial charge in [0.1, 0.15) is 0 Å². The summed E-state index contributed by atoms with van der Waals surface area (Å²) < 4.78 is 26.2. The standard InChI is InChI=1S/C17H14N6O4S/c1-23-14(15(24)11-7-3-5-9-13(11)28(23,26)27)17(25)18-12-8-4-2-6-10(12)16-19-21-22-20-16/h2-9,14H,1H3,(H,18,25)(H,19,20,21,22). The number of rotatable bonds is 3. The molecule has 1 aliphatic rings. The number of fused-ring (bicyclic) bond motifs is 1. The maximum Gasteiger partial charge on any atom is 0.250 e. The van der Waals surface area contributed by atoms with Crippen LogP contribution in [0.5, 0.6) is 0 Å². The average Bonchev–Trinajstić information content (AvgIpc) is 3.22. The molecule has 10 nitrogen and oxygen atoms in total. The van der Waals surface area contributed by atoms with E-state index < -0.39 is 27.8 Å². The zero-order chi connectivity index (χ0) is 19.9. The van der Waals surface area contributed by atoms with Crippen molar-refractivity contribution >= 4 is 27.4 Å².